The molecule has 0 aromatic carbocycles. The van der Waals surface area contributed by atoms with Gasteiger partial charge in [-0.1, -0.05) is 57.8 Å². The minimum atomic E-state index is -1.54. The van der Waals surface area contributed by atoms with Crippen LogP contribution in [-0.4, -0.2) is 69.4 Å². The number of alkyl halides is 1. The molecule has 0 spiro atoms. The van der Waals surface area contributed by atoms with Gasteiger partial charge >= 0.3 is 5.97 Å². The third-order valence-corrected chi connectivity index (χ3v) is 13.5. The SMILES string of the molecule is COC(=O)[C@]12CC(=O)[C@H](C(C)C)CC(=O)[C@H](C)CCC[C@H](C)CC(=O)[C@H]1[C@H]1/C=C(\C)CC[C@H](Cl)[C@@]3(C)CC[C@@H](O3)[C@@](C)(O)C[C@@H](O)C1=C(C)C2. The number of hydrogen-bond acceptors (Lipinski definition) is 8. The number of carbonyl (C=O) groups is 4. The Kier molecular flexibility index (Phi) is 13.1. The van der Waals surface area contributed by atoms with Gasteiger partial charge in [-0.05, 0) is 83.6 Å². The van der Waals surface area contributed by atoms with Crippen LogP contribution < -0.4 is 0 Å². The van der Waals surface area contributed by atoms with Gasteiger partial charge in [0.25, 0.3) is 0 Å². The number of Topliss-reactive ketones (excluding diaryl/α,β-unsaturated/α-hetero) is 3. The number of ether oxygens (including phenoxy) is 2. The molecule has 2 bridgehead atoms. The van der Waals surface area contributed by atoms with E-state index in [0.29, 0.717) is 43.3 Å². The van der Waals surface area contributed by atoms with Crippen LogP contribution in [-0.2, 0) is 28.7 Å². The van der Waals surface area contributed by atoms with Gasteiger partial charge in [-0.15, -0.1) is 11.6 Å². The summed E-state index contributed by atoms with van der Waals surface area (Å²) in [5.41, 5.74) is -1.32. The molecule has 9 heteroatoms. The molecule has 1 saturated carbocycles. The van der Waals surface area contributed by atoms with Crippen LogP contribution >= 0.6 is 11.6 Å². The van der Waals surface area contributed by atoms with E-state index >= 15 is 0 Å². The Morgan fingerprint density at radius 1 is 1.00 bits per heavy atom. The van der Waals surface area contributed by atoms with E-state index in [1.54, 1.807) is 6.92 Å². The van der Waals surface area contributed by atoms with Crippen molar-refractivity contribution in [3.8, 4) is 0 Å². The van der Waals surface area contributed by atoms with Crippen molar-refractivity contribution in [2.75, 3.05) is 7.11 Å². The van der Waals surface area contributed by atoms with Crippen LogP contribution in [0, 0.1) is 40.9 Å². The largest absolute Gasteiger partial charge is 0.469 e. The van der Waals surface area contributed by atoms with E-state index in [0.717, 1.165) is 18.4 Å². The monoisotopic (exact) mass is 718 g/mol. The summed E-state index contributed by atoms with van der Waals surface area (Å²) in [6.45, 7) is 15.3. The van der Waals surface area contributed by atoms with Gasteiger partial charge < -0.3 is 19.7 Å². The molecule has 2 heterocycles. The van der Waals surface area contributed by atoms with Gasteiger partial charge in [-0.25, -0.2) is 0 Å². The summed E-state index contributed by atoms with van der Waals surface area (Å²) < 4.78 is 12.0. The number of allylic oxidation sites excluding steroid dienone is 3. The molecule has 4 rings (SSSR count). The molecule has 0 aromatic rings. The highest BCUT2D eigenvalue weighted by Gasteiger charge is 2.59. The molecule has 8 nitrogen and oxygen atoms in total. The third-order valence-electron chi connectivity index (χ3n) is 12.8. The molecule has 2 aliphatic heterocycles. The summed E-state index contributed by atoms with van der Waals surface area (Å²) >= 11 is 7.00. The van der Waals surface area contributed by atoms with Crippen LogP contribution in [0.25, 0.3) is 0 Å². The van der Waals surface area contributed by atoms with Gasteiger partial charge in [-0.3, -0.25) is 19.2 Å². The summed E-state index contributed by atoms with van der Waals surface area (Å²) in [5.74, 6) is -3.61. The number of esters is 1. The fourth-order valence-corrected chi connectivity index (χ4v) is 9.91. The first-order chi connectivity index (χ1) is 23.3. The second kappa shape index (κ2) is 16.0. The Bertz CT molecular complexity index is 1360. The molecular weight excluding hydrogens is 656 g/mol. The van der Waals surface area contributed by atoms with Crippen molar-refractivity contribution in [1.29, 1.82) is 0 Å². The topological polar surface area (TPSA) is 127 Å². The lowest BCUT2D eigenvalue weighted by Gasteiger charge is -2.48. The highest BCUT2D eigenvalue weighted by molar-refractivity contribution is 6.21. The van der Waals surface area contributed by atoms with E-state index in [1.165, 1.54) is 7.11 Å². The minimum Gasteiger partial charge on any atom is -0.469 e. The molecule has 2 aliphatic carbocycles. The molecule has 50 heavy (non-hydrogen) atoms. The summed E-state index contributed by atoms with van der Waals surface area (Å²) in [6.07, 6.45) is 5.09. The normalized spacial score (nSPS) is 42.7. The summed E-state index contributed by atoms with van der Waals surface area (Å²) in [4.78, 5) is 57.2. The lowest BCUT2D eigenvalue weighted by molar-refractivity contribution is -0.165. The first kappa shape index (κ1) is 40.9. The van der Waals surface area contributed by atoms with Crippen LogP contribution in [0.3, 0.4) is 0 Å². The molecule has 2 N–H and O–H groups in total. The number of aliphatic hydroxyl groups excluding tert-OH is 1. The smallest absolute Gasteiger partial charge is 0.313 e. The number of fused-ring (bicyclic) bond motifs is 5. The molecule has 1 saturated heterocycles. The number of halogens is 1. The van der Waals surface area contributed by atoms with Crippen molar-refractivity contribution in [2.45, 2.75) is 161 Å². The number of hydrogen-bond donors (Lipinski definition) is 2. The first-order valence-electron chi connectivity index (χ1n) is 19.0. The Morgan fingerprint density at radius 2 is 1.68 bits per heavy atom. The van der Waals surface area contributed by atoms with Crippen LogP contribution in [0.5, 0.6) is 0 Å². The van der Waals surface area contributed by atoms with Crippen LogP contribution in [0.1, 0.15) is 132 Å². The van der Waals surface area contributed by atoms with E-state index < -0.39 is 52.5 Å². The van der Waals surface area contributed by atoms with E-state index in [2.05, 4.69) is 0 Å². The quantitative estimate of drug-likeness (QED) is 0.171. The van der Waals surface area contributed by atoms with Crippen molar-refractivity contribution in [2.24, 2.45) is 40.9 Å². The zero-order chi connectivity index (χ0) is 37.3. The molecule has 282 valence electrons. The summed E-state index contributed by atoms with van der Waals surface area (Å²) in [7, 11) is 1.30. The second-order valence-corrected chi connectivity index (χ2v) is 17.9. The Hall–Kier alpha value is -1.87. The van der Waals surface area contributed by atoms with Gasteiger partial charge in [0, 0.05) is 49.4 Å². The average molecular weight is 719 g/mol. The third kappa shape index (κ3) is 8.50. The van der Waals surface area contributed by atoms with Crippen molar-refractivity contribution < 1.29 is 38.9 Å². The number of aliphatic hydroxyl groups is 2. The molecule has 0 aromatic heterocycles. The predicted molar refractivity (Wildman–Crippen MR) is 195 cm³/mol. The van der Waals surface area contributed by atoms with E-state index in [1.807, 2.05) is 54.5 Å². The highest BCUT2D eigenvalue weighted by Crippen LogP contribution is 2.55. The van der Waals surface area contributed by atoms with Gasteiger partial charge in [0.1, 0.15) is 17.3 Å². The maximum absolute atomic E-state index is 14.9. The average Bonchev–Trinajstić information content (AvgIpc) is 3.44. The summed E-state index contributed by atoms with van der Waals surface area (Å²) in [6, 6.07) is 0. The first-order valence-corrected chi connectivity index (χ1v) is 19.5. The van der Waals surface area contributed by atoms with E-state index in [4.69, 9.17) is 21.1 Å². The zero-order valence-electron chi connectivity index (χ0n) is 32.0. The molecule has 0 unspecified atom stereocenters. The summed E-state index contributed by atoms with van der Waals surface area (Å²) in [5, 5.41) is 23.7. The number of ketones is 3. The Balaban J connectivity index is 1.95. The predicted octanol–water partition coefficient (Wildman–Crippen LogP) is 7.49. The maximum atomic E-state index is 14.9. The van der Waals surface area contributed by atoms with Crippen LogP contribution in [0.4, 0.5) is 0 Å². The van der Waals surface area contributed by atoms with Crippen molar-refractivity contribution >= 4 is 34.9 Å². The molecule has 4 aliphatic rings. The van der Waals surface area contributed by atoms with Gasteiger partial charge in [0.2, 0.25) is 0 Å². The Labute approximate surface area is 305 Å². The second-order valence-electron chi connectivity index (χ2n) is 17.4. The fraction of sp³-hybridized carbons (Fsp3) is 0.805. The van der Waals surface area contributed by atoms with Gasteiger partial charge in [0.05, 0.1) is 41.3 Å². The van der Waals surface area contributed by atoms with Crippen LogP contribution in [0.2, 0.25) is 0 Å². The molecule has 0 amide bonds. The van der Waals surface area contributed by atoms with Crippen molar-refractivity contribution in [3.05, 3.63) is 22.8 Å². The zero-order valence-corrected chi connectivity index (χ0v) is 32.7. The molecule has 2 fully saturated rings. The van der Waals surface area contributed by atoms with Crippen LogP contribution in [0.15, 0.2) is 22.8 Å². The van der Waals surface area contributed by atoms with Crippen molar-refractivity contribution in [3.63, 3.8) is 0 Å². The van der Waals surface area contributed by atoms with Crippen molar-refractivity contribution in [1.82, 2.24) is 0 Å². The number of rotatable bonds is 2. The molecular formula is C41H63ClO8. The standard InChI is InChI=1S/C41H63ClO8/c1-23(2)28-19-30(43)26(5)12-10-11-24(3)18-31(44)37-29-17-25(4)13-14-34(42)40(8)16-15-35(50-40)39(7,48)21-33(46)36(29)27(6)20-41(37,22-32(28)45)38(47)49-9/h17,23-24,26,28-29,33-35,37,46,48H,10-16,18-22H2,1-9H3/b25-17+/t24-,26+,28-,29-,33+,34-,35+,37+,39-,40+,41+/m0/s1. The lowest BCUT2D eigenvalue weighted by atomic mass is 9.54. The Morgan fingerprint density at radius 3 is 2.32 bits per heavy atom. The highest BCUT2D eigenvalue weighted by atomic mass is 35.5. The van der Waals surface area contributed by atoms with E-state index in [9.17, 15) is 29.4 Å². The van der Waals surface area contributed by atoms with Gasteiger partial charge in [0.15, 0.2) is 0 Å². The fourth-order valence-electron chi connectivity index (χ4n) is 9.64. The molecule has 0 radical (unpaired) electrons. The van der Waals surface area contributed by atoms with E-state index in [-0.39, 0.29) is 72.6 Å². The number of carbonyl (C=O) groups excluding carboxylic acids is 4. The lowest BCUT2D eigenvalue weighted by Crippen LogP contribution is -2.53. The number of methoxy groups -OCH3 is 1. The maximum Gasteiger partial charge on any atom is 0.313 e. The molecule has 11 atom stereocenters. The minimum absolute atomic E-state index is 0.0198. The van der Waals surface area contributed by atoms with Gasteiger partial charge in [-0.2, -0.15) is 0 Å².